The number of nitrogens with one attached hydrogen (secondary N) is 2. The van der Waals surface area contributed by atoms with Gasteiger partial charge in [-0.3, -0.25) is 9.78 Å². The molecule has 6 nitrogen and oxygen atoms in total. The Morgan fingerprint density at radius 3 is 2.72 bits per heavy atom. The number of pyridine rings is 1. The van der Waals surface area contributed by atoms with Crippen molar-refractivity contribution in [2.75, 3.05) is 32.5 Å². The third-order valence-corrected chi connectivity index (χ3v) is 3.91. The van der Waals surface area contributed by atoms with Crippen LogP contribution >= 0.6 is 11.6 Å². The van der Waals surface area contributed by atoms with Gasteiger partial charge in [-0.2, -0.15) is 0 Å². The normalized spacial score (nSPS) is 11.0. The van der Waals surface area contributed by atoms with E-state index in [1.54, 1.807) is 24.5 Å². The molecular weight excluding hydrogens is 340 g/mol. The minimum absolute atomic E-state index is 0.233. The number of amides is 1. The number of aromatic nitrogens is 1. The van der Waals surface area contributed by atoms with Gasteiger partial charge in [0.1, 0.15) is 0 Å². The van der Waals surface area contributed by atoms with E-state index in [9.17, 15) is 4.79 Å². The smallest absolute Gasteiger partial charge is 0.289 e. The van der Waals surface area contributed by atoms with E-state index in [1.165, 1.54) is 0 Å². The van der Waals surface area contributed by atoms with Gasteiger partial charge in [0, 0.05) is 35.4 Å². The van der Waals surface area contributed by atoms with Crippen molar-refractivity contribution in [1.82, 2.24) is 15.2 Å². The molecule has 0 aliphatic carbocycles. The molecule has 0 aliphatic rings. The zero-order valence-electron chi connectivity index (χ0n) is 14.0. The summed E-state index contributed by atoms with van der Waals surface area (Å²) in [5.41, 5.74) is 1.98. The molecule has 0 atom stereocenters. The topological polar surface area (TPSA) is 70.4 Å². The fraction of sp³-hybridized carbons (Fsp3) is 0.222. The van der Waals surface area contributed by atoms with Crippen LogP contribution in [0, 0.1) is 0 Å². The van der Waals surface area contributed by atoms with Crippen LogP contribution in [0.1, 0.15) is 10.6 Å². The molecule has 1 aromatic carbocycles. The fourth-order valence-electron chi connectivity index (χ4n) is 2.39. The predicted octanol–water partition coefficient (Wildman–Crippen LogP) is 3.52. The number of rotatable bonds is 6. The Labute approximate surface area is 150 Å². The van der Waals surface area contributed by atoms with Crippen molar-refractivity contribution >= 4 is 39.9 Å². The molecule has 0 radical (unpaired) electrons. The first-order chi connectivity index (χ1) is 12.0. The van der Waals surface area contributed by atoms with Gasteiger partial charge >= 0.3 is 0 Å². The van der Waals surface area contributed by atoms with E-state index >= 15 is 0 Å². The number of anilines is 2. The fourth-order valence-corrected chi connectivity index (χ4v) is 2.51. The average molecular weight is 359 g/mol. The zero-order valence-corrected chi connectivity index (χ0v) is 14.8. The van der Waals surface area contributed by atoms with Crippen LogP contribution < -0.4 is 10.6 Å². The van der Waals surface area contributed by atoms with Crippen LogP contribution in [-0.4, -0.2) is 43.0 Å². The summed E-state index contributed by atoms with van der Waals surface area (Å²) >= 11 is 5.93. The number of hydrogen-bond acceptors (Lipinski definition) is 5. The van der Waals surface area contributed by atoms with Crippen molar-refractivity contribution in [2.45, 2.75) is 0 Å². The van der Waals surface area contributed by atoms with Crippen molar-refractivity contribution in [3.05, 3.63) is 53.5 Å². The number of benzene rings is 1. The summed E-state index contributed by atoms with van der Waals surface area (Å²) in [4.78, 5) is 18.6. The maximum Gasteiger partial charge on any atom is 0.289 e. The number of halogens is 1. The van der Waals surface area contributed by atoms with E-state index in [0.717, 1.165) is 17.6 Å². The average Bonchev–Trinajstić information content (AvgIpc) is 2.95. The first kappa shape index (κ1) is 17.3. The lowest BCUT2D eigenvalue weighted by Gasteiger charge is -2.11. The highest BCUT2D eigenvalue weighted by atomic mass is 35.5. The number of carbonyl (C=O) groups excluding carboxylic acids is 1. The molecule has 2 heterocycles. The monoisotopic (exact) mass is 358 g/mol. The first-order valence-corrected chi connectivity index (χ1v) is 8.24. The molecule has 7 heteroatoms. The van der Waals surface area contributed by atoms with Crippen molar-refractivity contribution in [3.63, 3.8) is 0 Å². The van der Waals surface area contributed by atoms with Crippen LogP contribution in [0.2, 0.25) is 5.02 Å². The maximum absolute atomic E-state index is 12.6. The van der Waals surface area contributed by atoms with Crippen molar-refractivity contribution < 1.29 is 9.21 Å². The van der Waals surface area contributed by atoms with Crippen LogP contribution in [0.4, 0.5) is 11.4 Å². The van der Waals surface area contributed by atoms with Crippen LogP contribution in [0.15, 0.2) is 47.1 Å². The zero-order chi connectivity index (χ0) is 17.8. The van der Waals surface area contributed by atoms with Gasteiger partial charge in [-0.25, -0.2) is 0 Å². The second kappa shape index (κ2) is 7.55. The van der Waals surface area contributed by atoms with Gasteiger partial charge in [0.25, 0.3) is 5.91 Å². The molecule has 2 aromatic heterocycles. The summed E-state index contributed by atoms with van der Waals surface area (Å²) in [6.45, 7) is 1.27. The summed E-state index contributed by atoms with van der Waals surface area (Å²) < 4.78 is 5.74. The van der Waals surface area contributed by atoms with Crippen molar-refractivity contribution in [3.8, 4) is 0 Å². The van der Waals surface area contributed by atoms with E-state index in [1.807, 2.05) is 37.2 Å². The maximum atomic E-state index is 12.6. The van der Waals surface area contributed by atoms with Crippen LogP contribution in [-0.2, 0) is 0 Å². The van der Waals surface area contributed by atoms with E-state index in [-0.39, 0.29) is 11.7 Å². The Bertz CT molecular complexity index is 874. The molecule has 0 saturated carbocycles. The van der Waals surface area contributed by atoms with E-state index in [2.05, 4.69) is 15.6 Å². The highest BCUT2D eigenvalue weighted by Crippen LogP contribution is 2.33. The Kier molecular flexibility index (Phi) is 5.21. The van der Waals surface area contributed by atoms with E-state index < -0.39 is 0 Å². The summed E-state index contributed by atoms with van der Waals surface area (Å²) in [7, 11) is 3.90. The van der Waals surface area contributed by atoms with Crippen molar-refractivity contribution in [2.24, 2.45) is 0 Å². The molecule has 130 valence electrons. The van der Waals surface area contributed by atoms with Gasteiger partial charge in [-0.15, -0.1) is 0 Å². The Morgan fingerprint density at radius 2 is 2.00 bits per heavy atom. The number of nitrogens with zero attached hydrogens (tertiary/aromatic N) is 2. The number of fused-ring (bicyclic) bond motifs is 1. The number of carbonyl (C=O) groups is 1. The standard InChI is InChI=1S/C18H19ClN4O2/c1-23(2)10-9-21-18(24)17-16(14-7-8-20-11-15(14)25-17)22-13-5-3-12(19)4-6-13/h3-8,11,22H,9-10H2,1-2H3,(H,21,24). The van der Waals surface area contributed by atoms with Gasteiger partial charge < -0.3 is 20.0 Å². The predicted molar refractivity (Wildman–Crippen MR) is 99.6 cm³/mol. The second-order valence-electron chi connectivity index (χ2n) is 5.87. The van der Waals surface area contributed by atoms with E-state index in [0.29, 0.717) is 22.8 Å². The summed E-state index contributed by atoms with van der Waals surface area (Å²) in [5.74, 6) is -0.0359. The van der Waals surface area contributed by atoms with Gasteiger partial charge in [0.15, 0.2) is 5.58 Å². The molecule has 0 spiro atoms. The number of likely N-dealkylation sites (N-methyl/N-ethyl adjacent to an activating group) is 1. The Hall–Kier alpha value is -2.57. The first-order valence-electron chi connectivity index (χ1n) is 7.86. The molecule has 0 aliphatic heterocycles. The third-order valence-electron chi connectivity index (χ3n) is 3.66. The lowest BCUT2D eigenvalue weighted by Crippen LogP contribution is -2.31. The SMILES string of the molecule is CN(C)CCNC(=O)c1oc2cnccc2c1Nc1ccc(Cl)cc1. The molecule has 0 unspecified atom stereocenters. The lowest BCUT2D eigenvalue weighted by atomic mass is 10.2. The van der Waals surface area contributed by atoms with Crippen LogP contribution in [0.5, 0.6) is 0 Å². The quantitative estimate of drug-likeness (QED) is 0.705. The minimum atomic E-state index is -0.269. The number of furan rings is 1. The van der Waals surface area contributed by atoms with Gasteiger partial charge in [0.05, 0.1) is 11.9 Å². The molecule has 3 aromatic rings. The van der Waals surface area contributed by atoms with Crippen LogP contribution in [0.25, 0.3) is 11.0 Å². The second-order valence-corrected chi connectivity index (χ2v) is 6.31. The molecule has 25 heavy (non-hydrogen) atoms. The van der Waals surface area contributed by atoms with Crippen molar-refractivity contribution in [1.29, 1.82) is 0 Å². The summed E-state index contributed by atoms with van der Waals surface area (Å²) in [5, 5.41) is 7.56. The number of hydrogen-bond donors (Lipinski definition) is 2. The lowest BCUT2D eigenvalue weighted by molar-refractivity contribution is 0.0926. The van der Waals surface area contributed by atoms with E-state index in [4.69, 9.17) is 16.0 Å². The molecule has 2 N–H and O–H groups in total. The highest BCUT2D eigenvalue weighted by molar-refractivity contribution is 6.30. The largest absolute Gasteiger partial charge is 0.447 e. The molecule has 0 bridgehead atoms. The summed E-state index contributed by atoms with van der Waals surface area (Å²) in [6.07, 6.45) is 3.26. The molecule has 0 saturated heterocycles. The molecule has 1 amide bonds. The highest BCUT2D eigenvalue weighted by Gasteiger charge is 2.20. The van der Waals surface area contributed by atoms with Gasteiger partial charge in [-0.05, 0) is 44.4 Å². The molecule has 0 fully saturated rings. The molecular formula is C18H19ClN4O2. The Morgan fingerprint density at radius 1 is 1.24 bits per heavy atom. The minimum Gasteiger partial charge on any atom is -0.447 e. The summed E-state index contributed by atoms with van der Waals surface area (Å²) in [6, 6.07) is 9.06. The van der Waals surface area contributed by atoms with Gasteiger partial charge in [-0.1, -0.05) is 11.6 Å². The van der Waals surface area contributed by atoms with Gasteiger partial charge in [0.2, 0.25) is 5.76 Å². The molecule has 3 rings (SSSR count). The Balaban J connectivity index is 1.91. The third kappa shape index (κ3) is 4.10. The van der Waals surface area contributed by atoms with Crippen LogP contribution in [0.3, 0.4) is 0 Å².